The Balaban J connectivity index is 2.36. The van der Waals surface area contributed by atoms with Crippen LogP contribution in [-0.4, -0.2) is 28.3 Å². The number of esters is 1. The molecule has 1 N–H and O–H groups in total. The van der Waals surface area contributed by atoms with E-state index in [1.165, 1.54) is 22.2 Å². The SMILES string of the molecule is CCOC(=O)c1c(NC(=O)c2c(Cl)cnn2C)sc(C)c1C. The minimum Gasteiger partial charge on any atom is -0.462 e. The molecular weight excluding hydrogens is 326 g/mol. The van der Waals surface area contributed by atoms with Crippen LogP contribution in [0.15, 0.2) is 6.20 Å². The molecule has 1 amide bonds. The zero-order chi connectivity index (χ0) is 16.4. The highest BCUT2D eigenvalue weighted by Crippen LogP contribution is 2.33. The zero-order valence-electron chi connectivity index (χ0n) is 12.7. The van der Waals surface area contributed by atoms with Crippen LogP contribution in [0.4, 0.5) is 5.00 Å². The molecule has 0 saturated heterocycles. The van der Waals surface area contributed by atoms with Gasteiger partial charge in [-0.2, -0.15) is 5.10 Å². The van der Waals surface area contributed by atoms with Gasteiger partial charge in [0.25, 0.3) is 5.91 Å². The molecule has 0 radical (unpaired) electrons. The van der Waals surface area contributed by atoms with Gasteiger partial charge in [-0.3, -0.25) is 9.48 Å². The molecule has 22 heavy (non-hydrogen) atoms. The van der Waals surface area contributed by atoms with E-state index in [0.29, 0.717) is 10.6 Å². The minimum atomic E-state index is -0.448. The first kappa shape index (κ1) is 16.5. The molecule has 0 aliphatic rings. The maximum absolute atomic E-state index is 12.4. The maximum Gasteiger partial charge on any atom is 0.341 e. The maximum atomic E-state index is 12.4. The summed E-state index contributed by atoms with van der Waals surface area (Å²) in [6.07, 6.45) is 1.40. The number of hydrogen-bond donors (Lipinski definition) is 1. The van der Waals surface area contributed by atoms with Gasteiger partial charge < -0.3 is 10.1 Å². The Hall–Kier alpha value is -1.86. The van der Waals surface area contributed by atoms with Gasteiger partial charge in [-0.05, 0) is 26.3 Å². The average molecular weight is 342 g/mol. The summed E-state index contributed by atoms with van der Waals surface area (Å²) in [5, 5.41) is 7.36. The topological polar surface area (TPSA) is 73.2 Å². The summed E-state index contributed by atoms with van der Waals surface area (Å²) in [4.78, 5) is 25.4. The number of halogens is 1. The van der Waals surface area contributed by atoms with Crippen LogP contribution in [0.2, 0.25) is 5.02 Å². The van der Waals surface area contributed by atoms with Gasteiger partial charge >= 0.3 is 5.97 Å². The number of aryl methyl sites for hydroxylation is 2. The first-order valence-corrected chi connectivity index (χ1v) is 7.82. The fraction of sp³-hybridized carbons (Fsp3) is 0.357. The first-order valence-electron chi connectivity index (χ1n) is 6.62. The summed E-state index contributed by atoms with van der Waals surface area (Å²) in [6.45, 7) is 5.72. The Kier molecular flexibility index (Phi) is 4.87. The summed E-state index contributed by atoms with van der Waals surface area (Å²) in [6, 6.07) is 0. The normalized spacial score (nSPS) is 10.6. The van der Waals surface area contributed by atoms with Crippen LogP contribution >= 0.6 is 22.9 Å². The summed E-state index contributed by atoms with van der Waals surface area (Å²) < 4.78 is 6.44. The second kappa shape index (κ2) is 6.50. The molecule has 2 aromatic rings. The highest BCUT2D eigenvalue weighted by molar-refractivity contribution is 7.16. The van der Waals surface area contributed by atoms with Crippen molar-refractivity contribution in [2.75, 3.05) is 11.9 Å². The predicted molar refractivity (Wildman–Crippen MR) is 85.9 cm³/mol. The molecule has 2 aromatic heterocycles. The number of nitrogens with one attached hydrogen (secondary N) is 1. The highest BCUT2D eigenvalue weighted by Gasteiger charge is 2.24. The average Bonchev–Trinajstić information content (AvgIpc) is 2.91. The molecule has 0 bridgehead atoms. The van der Waals surface area contributed by atoms with E-state index in [9.17, 15) is 9.59 Å². The number of ether oxygens (including phenoxy) is 1. The third-order valence-corrected chi connectivity index (χ3v) is 4.60. The lowest BCUT2D eigenvalue weighted by Crippen LogP contribution is -2.18. The number of rotatable bonds is 4. The molecular formula is C14H16ClN3O3S. The number of nitrogens with zero attached hydrogens (tertiary/aromatic N) is 2. The largest absolute Gasteiger partial charge is 0.462 e. The molecule has 0 aliphatic carbocycles. The van der Waals surface area contributed by atoms with Crippen LogP contribution in [0, 0.1) is 13.8 Å². The fourth-order valence-electron chi connectivity index (χ4n) is 1.99. The second-order valence-electron chi connectivity index (χ2n) is 4.63. The lowest BCUT2D eigenvalue weighted by Gasteiger charge is -2.07. The van der Waals surface area contributed by atoms with Crippen LogP contribution in [0.1, 0.15) is 38.2 Å². The quantitative estimate of drug-likeness (QED) is 0.867. The Morgan fingerprint density at radius 1 is 1.45 bits per heavy atom. The van der Waals surface area contributed by atoms with Crippen molar-refractivity contribution in [3.63, 3.8) is 0 Å². The van der Waals surface area contributed by atoms with Gasteiger partial charge in [0.15, 0.2) is 0 Å². The lowest BCUT2D eigenvalue weighted by atomic mass is 10.1. The molecule has 0 atom stereocenters. The molecule has 0 aromatic carbocycles. The number of carbonyl (C=O) groups is 2. The van der Waals surface area contributed by atoms with Crippen LogP contribution in [0.3, 0.4) is 0 Å². The summed E-state index contributed by atoms with van der Waals surface area (Å²) in [5.74, 6) is -0.868. The highest BCUT2D eigenvalue weighted by atomic mass is 35.5. The van der Waals surface area contributed by atoms with Crippen LogP contribution < -0.4 is 5.32 Å². The van der Waals surface area contributed by atoms with Crippen LogP contribution in [-0.2, 0) is 11.8 Å². The van der Waals surface area contributed by atoms with Gasteiger partial charge in [0, 0.05) is 11.9 Å². The Morgan fingerprint density at radius 2 is 2.14 bits per heavy atom. The molecule has 0 saturated carbocycles. The van der Waals surface area contributed by atoms with Gasteiger partial charge in [0.05, 0.1) is 23.4 Å². The molecule has 0 spiro atoms. The van der Waals surface area contributed by atoms with Crippen molar-refractivity contribution in [1.82, 2.24) is 9.78 Å². The molecule has 2 heterocycles. The smallest absolute Gasteiger partial charge is 0.341 e. The van der Waals surface area contributed by atoms with Crippen molar-refractivity contribution in [2.45, 2.75) is 20.8 Å². The van der Waals surface area contributed by atoms with Gasteiger partial charge in [-0.1, -0.05) is 11.6 Å². The third kappa shape index (κ3) is 3.00. The van der Waals surface area contributed by atoms with Crippen molar-refractivity contribution >= 4 is 39.8 Å². The predicted octanol–water partition coefficient (Wildman–Crippen LogP) is 3.18. The summed E-state index contributed by atoms with van der Waals surface area (Å²) >= 11 is 7.29. The molecule has 0 fully saturated rings. The van der Waals surface area contributed by atoms with E-state index in [0.717, 1.165) is 10.4 Å². The Labute approximate surface area is 137 Å². The van der Waals surface area contributed by atoms with Crippen LogP contribution in [0.25, 0.3) is 0 Å². The van der Waals surface area contributed by atoms with E-state index >= 15 is 0 Å². The molecule has 0 unspecified atom stereocenters. The summed E-state index contributed by atoms with van der Waals surface area (Å²) in [5.41, 5.74) is 1.42. The van der Waals surface area contributed by atoms with E-state index in [1.807, 2.05) is 13.8 Å². The van der Waals surface area contributed by atoms with Crippen molar-refractivity contribution in [1.29, 1.82) is 0 Å². The van der Waals surface area contributed by atoms with Gasteiger partial charge in [0.1, 0.15) is 10.7 Å². The van der Waals surface area contributed by atoms with E-state index in [-0.39, 0.29) is 17.3 Å². The number of thiophene rings is 1. The lowest BCUT2D eigenvalue weighted by molar-refractivity contribution is 0.0527. The second-order valence-corrected chi connectivity index (χ2v) is 6.26. The van der Waals surface area contributed by atoms with Crippen LogP contribution in [0.5, 0.6) is 0 Å². The number of hydrogen-bond acceptors (Lipinski definition) is 5. The number of amides is 1. The van der Waals surface area contributed by atoms with Crippen molar-refractivity contribution in [3.8, 4) is 0 Å². The monoisotopic (exact) mass is 341 g/mol. The number of carbonyl (C=O) groups excluding carboxylic acids is 2. The zero-order valence-corrected chi connectivity index (χ0v) is 14.3. The fourth-order valence-corrected chi connectivity index (χ4v) is 3.29. The molecule has 118 valence electrons. The Bertz CT molecular complexity index is 717. The number of aromatic nitrogens is 2. The van der Waals surface area contributed by atoms with Crippen molar-refractivity contribution < 1.29 is 14.3 Å². The standard InChI is InChI=1S/C14H16ClN3O3S/c1-5-21-14(20)10-7(2)8(3)22-13(10)17-12(19)11-9(15)6-16-18(11)4/h6H,5H2,1-4H3,(H,17,19). The minimum absolute atomic E-state index is 0.236. The molecule has 8 heteroatoms. The molecule has 6 nitrogen and oxygen atoms in total. The van der Waals surface area contributed by atoms with Gasteiger partial charge in [0.2, 0.25) is 0 Å². The number of anilines is 1. The third-order valence-electron chi connectivity index (χ3n) is 3.20. The molecule has 0 aliphatic heterocycles. The van der Waals surface area contributed by atoms with Crippen molar-refractivity contribution in [3.05, 3.63) is 32.9 Å². The van der Waals surface area contributed by atoms with E-state index in [1.54, 1.807) is 14.0 Å². The van der Waals surface area contributed by atoms with Gasteiger partial charge in [-0.25, -0.2) is 4.79 Å². The van der Waals surface area contributed by atoms with E-state index in [2.05, 4.69) is 10.4 Å². The first-order chi connectivity index (χ1) is 10.4. The van der Waals surface area contributed by atoms with E-state index in [4.69, 9.17) is 16.3 Å². The summed E-state index contributed by atoms with van der Waals surface area (Å²) in [7, 11) is 1.62. The molecule has 2 rings (SSSR count). The van der Waals surface area contributed by atoms with E-state index < -0.39 is 11.9 Å². The Morgan fingerprint density at radius 3 is 2.68 bits per heavy atom. The van der Waals surface area contributed by atoms with Crippen molar-refractivity contribution in [2.24, 2.45) is 7.05 Å². The van der Waals surface area contributed by atoms with Gasteiger partial charge in [-0.15, -0.1) is 11.3 Å².